The lowest BCUT2D eigenvalue weighted by molar-refractivity contribution is -0.137. The number of carbonyl (C=O) groups excluding carboxylic acids is 4. The third-order valence-corrected chi connectivity index (χ3v) is 5.66. The van der Waals surface area contributed by atoms with Crippen LogP contribution in [0.5, 0.6) is 23.0 Å². The molecule has 9 heteroatoms. The number of esters is 3. The van der Waals surface area contributed by atoms with E-state index >= 15 is 0 Å². The van der Waals surface area contributed by atoms with Crippen molar-refractivity contribution in [3.63, 3.8) is 0 Å². The summed E-state index contributed by atoms with van der Waals surface area (Å²) in [5.41, 5.74) is 0.728. The average molecular weight is 547 g/mol. The van der Waals surface area contributed by atoms with E-state index in [9.17, 15) is 19.2 Å². The van der Waals surface area contributed by atoms with E-state index in [-0.39, 0.29) is 22.6 Å². The Bertz CT molecular complexity index is 1310. The molecular weight excluding hydrogens is 516 g/mol. The fourth-order valence-corrected chi connectivity index (χ4v) is 3.49. The van der Waals surface area contributed by atoms with Crippen molar-refractivity contribution in [3.05, 3.63) is 96.1 Å². The van der Waals surface area contributed by atoms with Gasteiger partial charge in [0.1, 0.15) is 23.0 Å². The van der Waals surface area contributed by atoms with Crippen LogP contribution in [-0.2, 0) is 9.53 Å². The molecule has 0 aliphatic carbocycles. The van der Waals surface area contributed by atoms with Gasteiger partial charge in [-0.1, -0.05) is 6.58 Å². The number of carbonyl (C=O) groups is 4. The van der Waals surface area contributed by atoms with Gasteiger partial charge in [0.05, 0.1) is 37.0 Å². The van der Waals surface area contributed by atoms with Crippen LogP contribution in [0.3, 0.4) is 0 Å². The van der Waals surface area contributed by atoms with Crippen LogP contribution in [0.2, 0.25) is 0 Å². The first-order valence-corrected chi connectivity index (χ1v) is 12.6. The molecule has 0 fully saturated rings. The van der Waals surface area contributed by atoms with Gasteiger partial charge in [-0.15, -0.1) is 0 Å². The van der Waals surface area contributed by atoms with E-state index in [0.29, 0.717) is 36.6 Å². The predicted octanol–water partition coefficient (Wildman–Crippen LogP) is 5.61. The summed E-state index contributed by atoms with van der Waals surface area (Å²) in [6.45, 7) is 4.26. The molecule has 0 radical (unpaired) electrons. The summed E-state index contributed by atoms with van der Waals surface area (Å²) in [4.78, 5) is 47.3. The number of methoxy groups -OCH3 is 1. The van der Waals surface area contributed by atoms with Gasteiger partial charge in [0.2, 0.25) is 0 Å². The molecule has 0 atom stereocenters. The number of hydrogen-bond acceptors (Lipinski definition) is 9. The minimum atomic E-state index is -0.671. The molecule has 0 N–H and O–H groups in total. The van der Waals surface area contributed by atoms with Gasteiger partial charge in [-0.2, -0.15) is 0 Å². The van der Waals surface area contributed by atoms with E-state index in [4.69, 9.17) is 23.7 Å². The molecule has 3 rings (SSSR count). The van der Waals surface area contributed by atoms with Gasteiger partial charge in [-0.3, -0.25) is 4.79 Å². The Hall–Kier alpha value is -4.92. The summed E-state index contributed by atoms with van der Waals surface area (Å²) in [5, 5.41) is 0. The highest BCUT2D eigenvalue weighted by molar-refractivity contribution is 5.93. The van der Waals surface area contributed by atoms with Crippen molar-refractivity contribution in [2.75, 3.05) is 20.3 Å². The SMILES string of the molecule is C=CC(=O)OCCCCCCOc1ccc(C(=O)Oc2ccc(C(=O)Oc3ccc(OC)cc3C=O)cc2)cc1. The van der Waals surface area contributed by atoms with Crippen LogP contribution in [0.1, 0.15) is 56.8 Å². The molecule has 9 nitrogen and oxygen atoms in total. The Morgan fingerprint density at radius 2 is 1.30 bits per heavy atom. The maximum absolute atomic E-state index is 12.5. The Labute approximate surface area is 232 Å². The standard InChI is InChI=1S/C31H30O9/c1-3-29(33)38-19-7-5-4-6-18-37-25-12-8-22(9-13-25)30(34)39-26-14-10-23(11-15-26)31(35)40-28-17-16-27(36-2)20-24(28)21-32/h3,8-17,20-21H,1,4-7,18-19H2,2H3. The lowest BCUT2D eigenvalue weighted by atomic mass is 10.2. The highest BCUT2D eigenvalue weighted by Crippen LogP contribution is 2.24. The first-order chi connectivity index (χ1) is 19.4. The molecule has 208 valence electrons. The van der Waals surface area contributed by atoms with E-state index in [2.05, 4.69) is 6.58 Å². The molecule has 0 amide bonds. The maximum Gasteiger partial charge on any atom is 0.343 e. The number of ether oxygens (including phenoxy) is 5. The topological polar surface area (TPSA) is 114 Å². The monoisotopic (exact) mass is 546 g/mol. The Morgan fingerprint density at radius 1 is 0.725 bits per heavy atom. The van der Waals surface area contributed by atoms with Gasteiger partial charge in [-0.25, -0.2) is 14.4 Å². The normalized spacial score (nSPS) is 10.2. The second kappa shape index (κ2) is 15.5. The molecule has 3 aromatic rings. The van der Waals surface area contributed by atoms with Gasteiger partial charge in [-0.05, 0) is 92.4 Å². The molecule has 0 heterocycles. The van der Waals surface area contributed by atoms with E-state index in [1.807, 2.05) is 0 Å². The van der Waals surface area contributed by atoms with Gasteiger partial charge in [0.15, 0.2) is 6.29 Å². The summed E-state index contributed by atoms with van der Waals surface area (Å²) < 4.78 is 26.4. The first-order valence-electron chi connectivity index (χ1n) is 12.6. The summed E-state index contributed by atoms with van der Waals surface area (Å²) in [6, 6.07) is 17.0. The second-order valence-corrected chi connectivity index (χ2v) is 8.48. The molecular formula is C31H30O9. The van der Waals surface area contributed by atoms with Crippen LogP contribution in [0.15, 0.2) is 79.4 Å². The largest absolute Gasteiger partial charge is 0.497 e. The van der Waals surface area contributed by atoms with Crippen LogP contribution < -0.4 is 18.9 Å². The smallest absolute Gasteiger partial charge is 0.343 e. The van der Waals surface area contributed by atoms with Crippen molar-refractivity contribution in [3.8, 4) is 23.0 Å². The highest BCUT2D eigenvalue weighted by Gasteiger charge is 2.14. The van der Waals surface area contributed by atoms with Crippen LogP contribution in [-0.4, -0.2) is 44.5 Å². The lowest BCUT2D eigenvalue weighted by Crippen LogP contribution is -2.11. The Kier molecular flexibility index (Phi) is 11.5. The summed E-state index contributed by atoms with van der Waals surface area (Å²) in [7, 11) is 1.47. The predicted molar refractivity (Wildman–Crippen MR) is 146 cm³/mol. The van der Waals surface area contributed by atoms with Crippen molar-refractivity contribution >= 4 is 24.2 Å². The van der Waals surface area contributed by atoms with E-state index in [0.717, 1.165) is 31.8 Å². The minimum absolute atomic E-state index is 0.104. The number of hydrogen-bond donors (Lipinski definition) is 0. The number of rotatable bonds is 15. The van der Waals surface area contributed by atoms with Gasteiger partial charge < -0.3 is 23.7 Å². The average Bonchev–Trinajstić information content (AvgIpc) is 2.99. The summed E-state index contributed by atoms with van der Waals surface area (Å²) in [5.74, 6) is -0.193. The van der Waals surface area contributed by atoms with Crippen molar-refractivity contribution in [2.45, 2.75) is 25.7 Å². The zero-order valence-corrected chi connectivity index (χ0v) is 22.1. The van der Waals surface area contributed by atoms with Crippen molar-refractivity contribution in [2.24, 2.45) is 0 Å². The fourth-order valence-electron chi connectivity index (χ4n) is 3.49. The Balaban J connectivity index is 1.43. The minimum Gasteiger partial charge on any atom is -0.497 e. The molecule has 0 aromatic heterocycles. The molecule has 3 aromatic carbocycles. The van der Waals surface area contributed by atoms with Crippen LogP contribution in [0.4, 0.5) is 0 Å². The van der Waals surface area contributed by atoms with Gasteiger partial charge >= 0.3 is 17.9 Å². The van der Waals surface area contributed by atoms with Crippen LogP contribution in [0.25, 0.3) is 0 Å². The quantitative estimate of drug-likeness (QED) is 0.0788. The molecule has 0 unspecified atom stereocenters. The van der Waals surface area contributed by atoms with Crippen LogP contribution >= 0.6 is 0 Å². The first kappa shape index (κ1) is 29.6. The molecule has 0 saturated heterocycles. The highest BCUT2D eigenvalue weighted by atomic mass is 16.5. The lowest BCUT2D eigenvalue weighted by Gasteiger charge is -2.09. The molecule has 0 bridgehead atoms. The van der Waals surface area contributed by atoms with Crippen molar-refractivity contribution < 1.29 is 42.9 Å². The maximum atomic E-state index is 12.5. The van der Waals surface area contributed by atoms with E-state index in [1.165, 1.54) is 43.5 Å². The summed E-state index contributed by atoms with van der Waals surface area (Å²) in [6.07, 6.45) is 5.21. The number of unbranched alkanes of at least 4 members (excludes halogenated alkanes) is 3. The van der Waals surface area contributed by atoms with E-state index < -0.39 is 17.9 Å². The van der Waals surface area contributed by atoms with Crippen molar-refractivity contribution in [1.82, 2.24) is 0 Å². The second-order valence-electron chi connectivity index (χ2n) is 8.48. The Morgan fingerprint density at radius 3 is 1.90 bits per heavy atom. The third kappa shape index (κ3) is 9.13. The molecule has 0 aliphatic heterocycles. The third-order valence-electron chi connectivity index (χ3n) is 5.66. The summed E-state index contributed by atoms with van der Waals surface area (Å²) >= 11 is 0. The zero-order chi connectivity index (χ0) is 28.7. The van der Waals surface area contributed by atoms with Crippen molar-refractivity contribution in [1.29, 1.82) is 0 Å². The zero-order valence-electron chi connectivity index (χ0n) is 22.1. The number of aldehydes is 1. The molecule has 0 saturated carbocycles. The molecule has 40 heavy (non-hydrogen) atoms. The van der Waals surface area contributed by atoms with E-state index in [1.54, 1.807) is 30.3 Å². The number of benzene rings is 3. The molecule has 0 spiro atoms. The van der Waals surface area contributed by atoms with Gasteiger partial charge in [0, 0.05) is 6.08 Å². The van der Waals surface area contributed by atoms with Gasteiger partial charge in [0.25, 0.3) is 0 Å². The van der Waals surface area contributed by atoms with Crippen LogP contribution in [0, 0.1) is 0 Å². The molecule has 0 aliphatic rings. The fraction of sp³-hybridized carbons (Fsp3) is 0.226.